The van der Waals surface area contributed by atoms with Crippen LogP contribution in [0.4, 0.5) is 10.5 Å². The molecule has 4 heterocycles. The van der Waals surface area contributed by atoms with E-state index in [4.69, 9.17) is 50.5 Å². The first-order chi connectivity index (χ1) is 35.4. The van der Waals surface area contributed by atoms with Gasteiger partial charge in [-0.15, -0.1) is 11.8 Å². The van der Waals surface area contributed by atoms with E-state index in [0.717, 1.165) is 11.1 Å². The predicted molar refractivity (Wildman–Crippen MR) is 280 cm³/mol. The molecular formula is C52H77ClN6O15S. The maximum atomic E-state index is 14.4. The highest BCUT2D eigenvalue weighted by Gasteiger charge is 2.64. The Morgan fingerprint density at radius 3 is 2.47 bits per heavy atom. The number of ether oxygens (including phenoxy) is 7. The van der Waals surface area contributed by atoms with Crippen LogP contribution in [0.3, 0.4) is 0 Å². The lowest BCUT2D eigenvalue weighted by Gasteiger charge is -2.42. The number of thioether (sulfide) groups is 1. The molecular weight excluding hydrogens is 1020 g/mol. The van der Waals surface area contributed by atoms with Crippen molar-refractivity contribution in [3.05, 3.63) is 46.5 Å². The molecule has 0 saturated carbocycles. The minimum Gasteiger partial charge on any atom is -0.495 e. The summed E-state index contributed by atoms with van der Waals surface area (Å²) in [5, 5.41) is 16.7. The summed E-state index contributed by atoms with van der Waals surface area (Å²) in [6, 6.07) is 2.41. The van der Waals surface area contributed by atoms with Gasteiger partial charge in [0, 0.05) is 77.2 Å². The van der Waals surface area contributed by atoms with Crippen LogP contribution in [0.1, 0.15) is 92.1 Å². The fraction of sp³-hybridized carbons (Fsp3) is 0.673. The highest BCUT2D eigenvalue weighted by molar-refractivity contribution is 8.02. The minimum absolute atomic E-state index is 0.00801. The lowest BCUT2D eigenvalue weighted by Crippen LogP contribution is -2.63. The molecule has 418 valence electrons. The molecule has 4 aliphatic heterocycles. The number of anilines is 1. The molecule has 5 rings (SSSR count). The van der Waals surface area contributed by atoms with Gasteiger partial charge in [-0.2, -0.15) is 0 Å². The summed E-state index contributed by atoms with van der Waals surface area (Å²) in [5.41, 5.74) is 4.20. The molecule has 4 aliphatic rings. The van der Waals surface area contributed by atoms with Crippen molar-refractivity contribution in [2.45, 2.75) is 145 Å². The number of hydrogen-bond acceptors (Lipinski definition) is 17. The molecule has 0 radical (unpaired) electrons. The van der Waals surface area contributed by atoms with Crippen LogP contribution in [0.5, 0.6) is 5.75 Å². The maximum Gasteiger partial charge on any atom is 0.409 e. The number of nitrogens with one attached hydrogen (secondary N) is 2. The molecule has 0 spiro atoms. The van der Waals surface area contributed by atoms with Gasteiger partial charge in [0.15, 0.2) is 5.72 Å². The summed E-state index contributed by atoms with van der Waals surface area (Å²) >= 11 is 8.13. The second-order valence-corrected chi connectivity index (χ2v) is 22.6. The third-order valence-corrected chi connectivity index (χ3v) is 16.0. The summed E-state index contributed by atoms with van der Waals surface area (Å²) in [7, 11) is 5.91. The molecule has 4 bridgehead atoms. The second-order valence-electron chi connectivity index (χ2n) is 20.3. The number of likely N-dealkylation sites (tertiary alicyclic amines) is 1. The Kier molecular flexibility index (Phi) is 22.0. The number of epoxide rings is 1. The SMILES string of the molecule is COc1cc2cc(c1Cl)N(C)C(=O)C[C@H](OC(=O)[C@H](C)N(C)C(=O)CCC(C)(C)SC1CC(=O)N(CCCC(=O)NCCOCCOCCN)C1=O)[C@]1(C)O[C@H]1[C@H](C)[C@@H]1C[C@@](O)(NC(=O)O1)[C@H](OC)/C=C/C=C(\C)C2. The number of aliphatic hydroxyl groups is 1. The van der Waals surface area contributed by atoms with Gasteiger partial charge in [0.2, 0.25) is 29.5 Å². The molecule has 1 unspecified atom stereocenters. The molecule has 21 nitrogen and oxygen atoms in total. The van der Waals surface area contributed by atoms with Crippen LogP contribution in [0.15, 0.2) is 35.9 Å². The van der Waals surface area contributed by atoms with E-state index in [1.807, 2.05) is 26.8 Å². The fourth-order valence-corrected chi connectivity index (χ4v) is 11.1. The Morgan fingerprint density at radius 2 is 1.79 bits per heavy atom. The van der Waals surface area contributed by atoms with Gasteiger partial charge in [-0.1, -0.05) is 56.2 Å². The van der Waals surface area contributed by atoms with Gasteiger partial charge in [0.05, 0.1) is 57.0 Å². The number of likely N-dealkylation sites (N-methyl/N-ethyl adjacent to an activating group) is 1. The van der Waals surface area contributed by atoms with Gasteiger partial charge in [0.25, 0.3) is 0 Å². The standard InChI is InChI=1S/C52H77ClN6O15S/c1-31-13-11-14-39(69-10)52(67)30-37(72-49(66)56-52)32(2)46-51(6,74-46)40(29-43(62)58(8)35-26-34(25-31)27-36(68-9)45(35)53)73-48(65)33(3)57(7)42(61)16-17-50(4,5)75-38-28-44(63)59(47(38)64)20-12-15-41(60)55-19-22-71-24-23-70-21-18-54/h11,13-14,26-27,32-33,37-40,46,67H,12,15-25,28-30,54H2,1-10H3,(H,55,60)(H,56,66)/b14-11+,31-13+/t32-,33+,37+,38?,39-,40+,46+,51+,52+/m1/s1. The zero-order valence-corrected chi connectivity index (χ0v) is 46.5. The molecule has 9 atom stereocenters. The number of methoxy groups -OCH3 is 2. The highest BCUT2D eigenvalue weighted by atomic mass is 35.5. The number of benzene rings is 1. The zero-order chi connectivity index (χ0) is 55.4. The molecule has 5 N–H and O–H groups in total. The quantitative estimate of drug-likeness (QED) is 0.0556. The van der Waals surface area contributed by atoms with E-state index in [2.05, 4.69) is 10.6 Å². The predicted octanol–water partition coefficient (Wildman–Crippen LogP) is 3.82. The van der Waals surface area contributed by atoms with E-state index in [-0.39, 0.29) is 67.3 Å². The van der Waals surface area contributed by atoms with Crippen molar-refractivity contribution in [2.24, 2.45) is 11.7 Å². The van der Waals surface area contributed by atoms with Crippen LogP contribution in [0.25, 0.3) is 0 Å². The van der Waals surface area contributed by atoms with Crippen LogP contribution < -0.4 is 26.0 Å². The topological polar surface area (TPSA) is 267 Å². The lowest BCUT2D eigenvalue weighted by molar-refractivity contribution is -0.162. The number of amides is 6. The molecule has 3 saturated heterocycles. The Morgan fingerprint density at radius 1 is 1.08 bits per heavy atom. The van der Waals surface area contributed by atoms with Crippen LogP contribution >= 0.6 is 23.4 Å². The molecule has 1 aromatic rings. The third kappa shape index (κ3) is 16.1. The largest absolute Gasteiger partial charge is 0.495 e. The smallest absolute Gasteiger partial charge is 0.409 e. The van der Waals surface area contributed by atoms with Crippen molar-refractivity contribution in [1.29, 1.82) is 0 Å². The van der Waals surface area contributed by atoms with Crippen molar-refractivity contribution in [3.63, 3.8) is 0 Å². The summed E-state index contributed by atoms with van der Waals surface area (Å²) in [5.74, 6) is -2.85. The first kappa shape index (κ1) is 61.0. The molecule has 6 amide bonds. The lowest BCUT2D eigenvalue weighted by atomic mass is 9.83. The Balaban J connectivity index is 1.23. The number of halogens is 1. The molecule has 0 aromatic heterocycles. The Hall–Kier alpha value is -4.81. The van der Waals surface area contributed by atoms with Gasteiger partial charge < -0.3 is 59.1 Å². The molecule has 75 heavy (non-hydrogen) atoms. The van der Waals surface area contributed by atoms with Crippen LogP contribution in [0, 0.1) is 5.92 Å². The molecule has 0 aliphatic carbocycles. The first-order valence-corrected chi connectivity index (χ1v) is 26.6. The first-order valence-electron chi connectivity index (χ1n) is 25.4. The van der Waals surface area contributed by atoms with E-state index in [1.165, 1.54) is 54.7 Å². The van der Waals surface area contributed by atoms with Gasteiger partial charge in [0.1, 0.15) is 40.7 Å². The number of nitrogens with two attached hydrogens (primary N) is 1. The number of imide groups is 1. The van der Waals surface area contributed by atoms with Gasteiger partial charge in [-0.25, -0.2) is 9.59 Å². The number of allylic oxidation sites excluding steroid dienone is 3. The zero-order valence-electron chi connectivity index (χ0n) is 44.9. The van der Waals surface area contributed by atoms with E-state index in [0.29, 0.717) is 70.2 Å². The summed E-state index contributed by atoms with van der Waals surface area (Å²) in [4.78, 5) is 97.9. The number of fused-ring (bicyclic) bond motifs is 5. The van der Waals surface area contributed by atoms with Crippen LogP contribution in [0.2, 0.25) is 5.02 Å². The normalized spacial score (nSPS) is 27.8. The number of hydrogen-bond donors (Lipinski definition) is 4. The van der Waals surface area contributed by atoms with Crippen molar-refractivity contribution < 1.29 is 71.8 Å². The van der Waals surface area contributed by atoms with E-state index >= 15 is 0 Å². The van der Waals surface area contributed by atoms with Gasteiger partial charge in [-0.05, 0) is 57.7 Å². The van der Waals surface area contributed by atoms with Gasteiger partial charge >= 0.3 is 12.1 Å². The molecule has 1 aromatic carbocycles. The summed E-state index contributed by atoms with van der Waals surface area (Å²) in [6.07, 6.45) is 1.09. The fourth-order valence-electron chi connectivity index (χ4n) is 9.38. The van der Waals surface area contributed by atoms with E-state index in [9.17, 15) is 38.7 Å². The average Bonchev–Trinajstić information content (AvgIpc) is 3.99. The van der Waals surface area contributed by atoms with Gasteiger partial charge in [-0.3, -0.25) is 34.2 Å². The number of nitrogens with zero attached hydrogens (tertiary/aromatic N) is 3. The second kappa shape index (κ2) is 27.0. The monoisotopic (exact) mass is 1090 g/mol. The number of alkyl carbamates (subject to hydrolysis) is 1. The summed E-state index contributed by atoms with van der Waals surface area (Å²) < 4.78 is 39.5. The maximum absolute atomic E-state index is 14.4. The minimum atomic E-state index is -1.88. The van der Waals surface area contributed by atoms with Crippen molar-refractivity contribution in [3.8, 4) is 5.75 Å². The highest BCUT2D eigenvalue weighted by Crippen LogP contribution is 2.49. The van der Waals surface area contributed by atoms with E-state index in [1.54, 1.807) is 45.2 Å². The van der Waals surface area contributed by atoms with Crippen molar-refractivity contribution >= 4 is 70.6 Å². The van der Waals surface area contributed by atoms with Crippen molar-refractivity contribution in [2.75, 3.05) is 79.3 Å². The average molecular weight is 1090 g/mol. The number of rotatable bonds is 22. The Labute approximate surface area is 449 Å². The van der Waals surface area contributed by atoms with Crippen molar-refractivity contribution in [1.82, 2.24) is 20.4 Å². The molecule has 23 heteroatoms. The molecule has 3 fully saturated rings. The van der Waals surface area contributed by atoms with E-state index < -0.39 is 75.7 Å². The third-order valence-electron chi connectivity index (χ3n) is 14.1. The number of carbonyl (C=O) groups is 7. The van der Waals surface area contributed by atoms with Crippen LogP contribution in [-0.2, 0) is 63.6 Å². The summed E-state index contributed by atoms with van der Waals surface area (Å²) in [6.45, 7) is 13.0. The number of carbonyl (C=O) groups excluding carboxylic acids is 7. The number of esters is 1. The van der Waals surface area contributed by atoms with Crippen LogP contribution in [-0.4, -0.2) is 183 Å². The Bertz CT molecular complexity index is 2300.